The van der Waals surface area contributed by atoms with Gasteiger partial charge in [-0.15, -0.1) is 0 Å². The average Bonchev–Trinajstić information content (AvgIpc) is 2.06. The van der Waals surface area contributed by atoms with Gasteiger partial charge in [-0.25, -0.2) is 9.97 Å². The van der Waals surface area contributed by atoms with Gasteiger partial charge in [-0.3, -0.25) is 0 Å². The predicted octanol–water partition coefficient (Wildman–Crippen LogP) is 1.65. The maximum absolute atomic E-state index is 9.46. The smallest absolute Gasteiger partial charge is 0.222 e. The lowest BCUT2D eigenvalue weighted by atomic mass is 10.1. The van der Waals surface area contributed by atoms with Crippen LogP contribution < -0.4 is 5.32 Å². The van der Waals surface area contributed by atoms with Crippen LogP contribution in [0.5, 0.6) is 0 Å². The van der Waals surface area contributed by atoms with E-state index in [1.165, 1.54) is 0 Å². The zero-order valence-electron chi connectivity index (χ0n) is 8.29. The molecule has 1 rings (SSSR count). The molecular weight excluding hydrogens is 293 g/mol. The fraction of sp³-hybridized carbons (Fsp3) is 0.556. The van der Waals surface area contributed by atoms with Crippen LogP contribution >= 0.6 is 22.6 Å². The summed E-state index contributed by atoms with van der Waals surface area (Å²) in [6.07, 6.45) is 4.17. The highest BCUT2D eigenvalue weighted by Crippen LogP contribution is 2.07. The van der Waals surface area contributed by atoms with E-state index in [9.17, 15) is 5.11 Å². The highest BCUT2D eigenvalue weighted by molar-refractivity contribution is 14.1. The van der Waals surface area contributed by atoms with Gasteiger partial charge in [0.1, 0.15) is 0 Å². The minimum atomic E-state index is -0.643. The molecule has 0 spiro atoms. The van der Waals surface area contributed by atoms with Crippen LogP contribution in [0.4, 0.5) is 5.95 Å². The van der Waals surface area contributed by atoms with Crippen LogP contribution in [-0.2, 0) is 0 Å². The number of aromatic nitrogens is 2. The van der Waals surface area contributed by atoms with E-state index in [1.54, 1.807) is 26.2 Å². The maximum Gasteiger partial charge on any atom is 0.222 e. The molecule has 0 unspecified atom stereocenters. The molecule has 1 aromatic heterocycles. The van der Waals surface area contributed by atoms with E-state index in [2.05, 4.69) is 37.9 Å². The Kier molecular flexibility index (Phi) is 4.06. The average molecular weight is 307 g/mol. The third-order valence-corrected chi connectivity index (χ3v) is 2.20. The van der Waals surface area contributed by atoms with Crippen LogP contribution in [0.1, 0.15) is 20.3 Å². The largest absolute Gasteiger partial charge is 0.390 e. The van der Waals surface area contributed by atoms with Crippen molar-refractivity contribution in [1.29, 1.82) is 0 Å². The molecule has 5 heteroatoms. The highest BCUT2D eigenvalue weighted by atomic mass is 127. The zero-order valence-corrected chi connectivity index (χ0v) is 10.4. The van der Waals surface area contributed by atoms with Crippen molar-refractivity contribution in [3.8, 4) is 0 Å². The van der Waals surface area contributed by atoms with Crippen LogP contribution in [0.2, 0.25) is 0 Å². The highest BCUT2D eigenvalue weighted by Gasteiger charge is 2.11. The number of hydrogen-bond acceptors (Lipinski definition) is 4. The second-order valence-corrected chi connectivity index (χ2v) is 4.96. The molecule has 0 aromatic carbocycles. The van der Waals surface area contributed by atoms with E-state index in [1.807, 2.05) is 0 Å². The first-order valence-electron chi connectivity index (χ1n) is 4.41. The van der Waals surface area contributed by atoms with Gasteiger partial charge >= 0.3 is 0 Å². The lowest BCUT2D eigenvalue weighted by Crippen LogP contribution is -2.23. The van der Waals surface area contributed by atoms with Gasteiger partial charge in [0, 0.05) is 22.5 Å². The summed E-state index contributed by atoms with van der Waals surface area (Å²) in [4.78, 5) is 8.17. The molecule has 0 fully saturated rings. The molecule has 0 atom stereocenters. The molecule has 0 aliphatic rings. The molecule has 0 saturated heterocycles. The number of rotatable bonds is 4. The van der Waals surface area contributed by atoms with Crippen LogP contribution in [0, 0.1) is 3.57 Å². The SMILES string of the molecule is CC(C)(O)CCNc1ncc(I)cn1. The van der Waals surface area contributed by atoms with E-state index in [0.29, 0.717) is 18.9 Å². The van der Waals surface area contributed by atoms with Gasteiger partial charge in [0.15, 0.2) is 0 Å². The van der Waals surface area contributed by atoms with E-state index in [-0.39, 0.29) is 0 Å². The number of anilines is 1. The molecule has 4 nitrogen and oxygen atoms in total. The van der Waals surface area contributed by atoms with Crippen molar-refractivity contribution < 1.29 is 5.11 Å². The second-order valence-electron chi connectivity index (χ2n) is 3.71. The van der Waals surface area contributed by atoms with Crippen LogP contribution in [0.15, 0.2) is 12.4 Å². The number of hydrogen-bond donors (Lipinski definition) is 2. The zero-order chi connectivity index (χ0) is 10.6. The Hall–Kier alpha value is -0.430. The number of aliphatic hydroxyl groups is 1. The minimum Gasteiger partial charge on any atom is -0.390 e. The molecule has 1 aromatic rings. The minimum absolute atomic E-state index is 0.606. The lowest BCUT2D eigenvalue weighted by Gasteiger charge is -2.16. The molecule has 0 aliphatic carbocycles. The maximum atomic E-state index is 9.46. The summed E-state index contributed by atoms with van der Waals surface area (Å²) >= 11 is 2.15. The first-order valence-corrected chi connectivity index (χ1v) is 5.49. The molecule has 0 saturated carbocycles. The summed E-state index contributed by atoms with van der Waals surface area (Å²) in [5.41, 5.74) is -0.643. The number of nitrogens with one attached hydrogen (secondary N) is 1. The van der Waals surface area contributed by atoms with Gasteiger partial charge < -0.3 is 10.4 Å². The molecular formula is C9H14IN3O. The van der Waals surface area contributed by atoms with Gasteiger partial charge in [-0.1, -0.05) is 0 Å². The van der Waals surface area contributed by atoms with Gasteiger partial charge in [0.2, 0.25) is 5.95 Å². The first kappa shape index (κ1) is 11.6. The monoisotopic (exact) mass is 307 g/mol. The Labute approximate surface area is 97.3 Å². The predicted molar refractivity (Wildman–Crippen MR) is 64.2 cm³/mol. The molecule has 0 aliphatic heterocycles. The van der Waals surface area contributed by atoms with Crippen molar-refractivity contribution in [2.75, 3.05) is 11.9 Å². The van der Waals surface area contributed by atoms with Crippen LogP contribution in [-0.4, -0.2) is 27.2 Å². The normalized spacial score (nSPS) is 11.4. The van der Waals surface area contributed by atoms with E-state index < -0.39 is 5.60 Å². The quantitative estimate of drug-likeness (QED) is 0.831. The third kappa shape index (κ3) is 4.71. The van der Waals surface area contributed by atoms with E-state index in [4.69, 9.17) is 0 Å². The summed E-state index contributed by atoms with van der Waals surface area (Å²) in [5, 5.41) is 12.5. The second kappa shape index (κ2) is 4.88. The van der Waals surface area contributed by atoms with Crippen molar-refractivity contribution in [3.63, 3.8) is 0 Å². The summed E-state index contributed by atoms with van der Waals surface area (Å²) in [6, 6.07) is 0. The topological polar surface area (TPSA) is 58.0 Å². The van der Waals surface area contributed by atoms with Gasteiger partial charge in [-0.05, 0) is 42.9 Å². The molecule has 0 bridgehead atoms. The summed E-state index contributed by atoms with van der Waals surface area (Å²) < 4.78 is 1.01. The summed E-state index contributed by atoms with van der Waals surface area (Å²) in [6.45, 7) is 4.23. The summed E-state index contributed by atoms with van der Waals surface area (Å²) in [7, 11) is 0. The van der Waals surface area contributed by atoms with E-state index >= 15 is 0 Å². The first-order chi connectivity index (χ1) is 6.47. The van der Waals surface area contributed by atoms with Crippen molar-refractivity contribution in [2.24, 2.45) is 0 Å². The van der Waals surface area contributed by atoms with Crippen LogP contribution in [0.25, 0.3) is 0 Å². The molecule has 2 N–H and O–H groups in total. The van der Waals surface area contributed by atoms with Gasteiger partial charge in [0.05, 0.1) is 5.60 Å². The number of nitrogens with zero attached hydrogens (tertiary/aromatic N) is 2. The third-order valence-electron chi connectivity index (χ3n) is 1.64. The molecule has 0 amide bonds. The van der Waals surface area contributed by atoms with Gasteiger partial charge in [0.25, 0.3) is 0 Å². The number of halogens is 1. The summed E-state index contributed by atoms with van der Waals surface area (Å²) in [5.74, 6) is 0.606. The van der Waals surface area contributed by atoms with Gasteiger partial charge in [-0.2, -0.15) is 0 Å². The Balaban J connectivity index is 2.35. The van der Waals surface area contributed by atoms with Crippen molar-refractivity contribution in [1.82, 2.24) is 9.97 Å². The van der Waals surface area contributed by atoms with Crippen molar-refractivity contribution in [2.45, 2.75) is 25.9 Å². The fourth-order valence-corrected chi connectivity index (χ4v) is 1.16. The van der Waals surface area contributed by atoms with E-state index in [0.717, 1.165) is 3.57 Å². The van der Waals surface area contributed by atoms with Crippen molar-refractivity contribution >= 4 is 28.5 Å². The Bertz CT molecular complexity index is 281. The molecule has 14 heavy (non-hydrogen) atoms. The lowest BCUT2D eigenvalue weighted by molar-refractivity contribution is 0.0748. The fourth-order valence-electron chi connectivity index (χ4n) is 0.884. The van der Waals surface area contributed by atoms with Crippen molar-refractivity contribution in [3.05, 3.63) is 16.0 Å². The Morgan fingerprint density at radius 3 is 2.50 bits per heavy atom. The Morgan fingerprint density at radius 1 is 1.43 bits per heavy atom. The van der Waals surface area contributed by atoms with Crippen LogP contribution in [0.3, 0.4) is 0 Å². The Morgan fingerprint density at radius 2 is 2.00 bits per heavy atom. The molecule has 1 heterocycles. The molecule has 0 radical (unpaired) electrons. The molecule has 78 valence electrons. The standard InChI is InChI=1S/C9H14IN3O/c1-9(2,14)3-4-11-8-12-5-7(10)6-13-8/h5-6,14H,3-4H2,1-2H3,(H,11,12,13).